The molecular weight excluding hydrogens is 230 g/mol. The number of benzene rings is 1. The molecule has 0 saturated carbocycles. The smallest absolute Gasteiger partial charge is 0.291 e. The van der Waals surface area contributed by atoms with Gasteiger partial charge in [-0.2, -0.15) is 0 Å². The largest absolute Gasteiger partial charge is 0.496 e. The molecular formula is C14H15NO3. The molecule has 1 aromatic carbocycles. The first-order valence-corrected chi connectivity index (χ1v) is 5.62. The van der Waals surface area contributed by atoms with Crippen molar-refractivity contribution in [3.63, 3.8) is 0 Å². The number of hydrogen-bond acceptors (Lipinski definition) is 3. The molecule has 0 fully saturated rings. The van der Waals surface area contributed by atoms with Crippen LogP contribution in [0.2, 0.25) is 0 Å². The van der Waals surface area contributed by atoms with Gasteiger partial charge in [-0.15, -0.1) is 0 Å². The fraction of sp³-hybridized carbons (Fsp3) is 0.214. The lowest BCUT2D eigenvalue weighted by atomic mass is 10.1. The molecule has 0 atom stereocenters. The summed E-state index contributed by atoms with van der Waals surface area (Å²) in [5.74, 6) is 0.846. The SMILES string of the molecule is COc1ccc(NC(=O)c2ccco2)c(C)c1C. The molecule has 1 aromatic heterocycles. The Bertz CT molecular complexity index is 559. The molecule has 0 aliphatic carbocycles. The van der Waals surface area contributed by atoms with Gasteiger partial charge in [-0.25, -0.2) is 0 Å². The molecule has 2 rings (SSSR count). The van der Waals surface area contributed by atoms with E-state index in [9.17, 15) is 4.79 Å². The number of furan rings is 1. The van der Waals surface area contributed by atoms with E-state index >= 15 is 0 Å². The number of anilines is 1. The van der Waals surface area contributed by atoms with Crippen LogP contribution in [0.1, 0.15) is 21.7 Å². The first kappa shape index (κ1) is 12.2. The molecule has 1 amide bonds. The third kappa shape index (κ3) is 2.22. The maximum Gasteiger partial charge on any atom is 0.291 e. The maximum absolute atomic E-state index is 11.9. The average molecular weight is 245 g/mol. The van der Waals surface area contributed by atoms with Crippen LogP contribution in [0.15, 0.2) is 34.9 Å². The Hall–Kier alpha value is -2.23. The molecule has 0 aliphatic heterocycles. The number of hydrogen-bond donors (Lipinski definition) is 1. The van der Waals surface area contributed by atoms with E-state index in [2.05, 4.69) is 5.32 Å². The van der Waals surface area contributed by atoms with Gasteiger partial charge < -0.3 is 14.5 Å². The van der Waals surface area contributed by atoms with Crippen LogP contribution in [0.25, 0.3) is 0 Å². The summed E-state index contributed by atoms with van der Waals surface area (Å²) >= 11 is 0. The van der Waals surface area contributed by atoms with Crippen molar-refractivity contribution in [3.05, 3.63) is 47.4 Å². The number of ether oxygens (including phenoxy) is 1. The summed E-state index contributed by atoms with van der Waals surface area (Å²) in [6.07, 6.45) is 1.47. The fourth-order valence-electron chi connectivity index (χ4n) is 1.74. The van der Waals surface area contributed by atoms with Crippen LogP contribution in [0.4, 0.5) is 5.69 Å². The van der Waals surface area contributed by atoms with Crippen molar-refractivity contribution >= 4 is 11.6 Å². The highest BCUT2D eigenvalue weighted by atomic mass is 16.5. The van der Waals surface area contributed by atoms with E-state index in [1.807, 2.05) is 26.0 Å². The summed E-state index contributed by atoms with van der Waals surface area (Å²) in [5.41, 5.74) is 2.75. The van der Waals surface area contributed by atoms with Gasteiger partial charge in [0.2, 0.25) is 0 Å². The third-order valence-corrected chi connectivity index (χ3v) is 2.95. The summed E-state index contributed by atoms with van der Waals surface area (Å²) in [6, 6.07) is 6.96. The molecule has 94 valence electrons. The van der Waals surface area contributed by atoms with Crippen LogP contribution in [-0.2, 0) is 0 Å². The molecule has 4 heteroatoms. The number of carbonyl (C=O) groups excluding carboxylic acids is 1. The number of nitrogens with one attached hydrogen (secondary N) is 1. The van der Waals surface area contributed by atoms with E-state index < -0.39 is 0 Å². The molecule has 0 aliphatic rings. The summed E-state index contributed by atoms with van der Waals surface area (Å²) in [7, 11) is 1.63. The van der Waals surface area contributed by atoms with Gasteiger partial charge in [0.15, 0.2) is 5.76 Å². The van der Waals surface area contributed by atoms with E-state index in [0.29, 0.717) is 5.76 Å². The molecule has 0 spiro atoms. The normalized spacial score (nSPS) is 10.2. The first-order valence-electron chi connectivity index (χ1n) is 5.62. The fourth-order valence-corrected chi connectivity index (χ4v) is 1.74. The van der Waals surface area contributed by atoms with Crippen molar-refractivity contribution in [1.29, 1.82) is 0 Å². The van der Waals surface area contributed by atoms with Crippen molar-refractivity contribution in [3.8, 4) is 5.75 Å². The van der Waals surface area contributed by atoms with Crippen molar-refractivity contribution in [2.24, 2.45) is 0 Å². The molecule has 0 bridgehead atoms. The van der Waals surface area contributed by atoms with Crippen LogP contribution >= 0.6 is 0 Å². The molecule has 1 N–H and O–H groups in total. The van der Waals surface area contributed by atoms with Crippen LogP contribution in [0.5, 0.6) is 5.75 Å². The zero-order chi connectivity index (χ0) is 13.1. The molecule has 0 radical (unpaired) electrons. The highest BCUT2D eigenvalue weighted by Crippen LogP contribution is 2.27. The van der Waals surface area contributed by atoms with Crippen molar-refractivity contribution in [1.82, 2.24) is 0 Å². The van der Waals surface area contributed by atoms with E-state index in [1.165, 1.54) is 6.26 Å². The quantitative estimate of drug-likeness (QED) is 0.903. The molecule has 0 saturated heterocycles. The van der Waals surface area contributed by atoms with Crippen molar-refractivity contribution < 1.29 is 13.9 Å². The Labute approximate surface area is 106 Å². The predicted molar refractivity (Wildman–Crippen MR) is 69.1 cm³/mol. The Morgan fingerprint density at radius 3 is 2.61 bits per heavy atom. The van der Waals surface area contributed by atoms with Gasteiger partial charge in [-0.3, -0.25) is 4.79 Å². The van der Waals surface area contributed by atoms with Gasteiger partial charge in [0.25, 0.3) is 5.91 Å². The van der Waals surface area contributed by atoms with Gasteiger partial charge in [-0.05, 0) is 49.2 Å². The summed E-state index contributed by atoms with van der Waals surface area (Å²) in [4.78, 5) is 11.9. The lowest BCUT2D eigenvalue weighted by Crippen LogP contribution is -2.12. The second kappa shape index (κ2) is 4.96. The molecule has 1 heterocycles. The molecule has 2 aromatic rings. The van der Waals surface area contributed by atoms with Gasteiger partial charge >= 0.3 is 0 Å². The van der Waals surface area contributed by atoms with Crippen molar-refractivity contribution in [2.75, 3.05) is 12.4 Å². The maximum atomic E-state index is 11.9. The predicted octanol–water partition coefficient (Wildman–Crippen LogP) is 3.16. The number of amides is 1. The Kier molecular flexibility index (Phi) is 3.37. The first-order chi connectivity index (χ1) is 8.63. The summed E-state index contributed by atoms with van der Waals surface area (Å²) < 4.78 is 10.3. The van der Waals surface area contributed by atoms with Crippen LogP contribution < -0.4 is 10.1 Å². The second-order valence-electron chi connectivity index (χ2n) is 4.00. The van der Waals surface area contributed by atoms with E-state index in [0.717, 1.165) is 22.6 Å². The molecule has 4 nitrogen and oxygen atoms in total. The highest BCUT2D eigenvalue weighted by molar-refractivity contribution is 6.02. The summed E-state index contributed by atoms with van der Waals surface area (Å²) in [5, 5.41) is 2.82. The molecule has 18 heavy (non-hydrogen) atoms. The van der Waals surface area contributed by atoms with Crippen LogP contribution in [0.3, 0.4) is 0 Å². The average Bonchev–Trinajstić information content (AvgIpc) is 2.89. The zero-order valence-electron chi connectivity index (χ0n) is 10.6. The van der Waals surface area contributed by atoms with Gasteiger partial charge in [0.05, 0.1) is 13.4 Å². The number of methoxy groups -OCH3 is 1. The van der Waals surface area contributed by atoms with Crippen LogP contribution in [0, 0.1) is 13.8 Å². The summed E-state index contributed by atoms with van der Waals surface area (Å²) in [6.45, 7) is 3.90. The minimum atomic E-state index is -0.257. The number of rotatable bonds is 3. The van der Waals surface area contributed by atoms with E-state index in [-0.39, 0.29) is 5.91 Å². The van der Waals surface area contributed by atoms with Crippen molar-refractivity contribution in [2.45, 2.75) is 13.8 Å². The monoisotopic (exact) mass is 245 g/mol. The van der Waals surface area contributed by atoms with Gasteiger partial charge in [0, 0.05) is 5.69 Å². The Morgan fingerprint density at radius 2 is 2.00 bits per heavy atom. The Balaban J connectivity index is 2.25. The zero-order valence-corrected chi connectivity index (χ0v) is 10.6. The number of carbonyl (C=O) groups is 1. The third-order valence-electron chi connectivity index (χ3n) is 2.95. The topological polar surface area (TPSA) is 51.5 Å². The van der Waals surface area contributed by atoms with Crippen LogP contribution in [-0.4, -0.2) is 13.0 Å². The lowest BCUT2D eigenvalue weighted by Gasteiger charge is -2.12. The lowest BCUT2D eigenvalue weighted by molar-refractivity contribution is 0.0996. The van der Waals surface area contributed by atoms with Gasteiger partial charge in [0.1, 0.15) is 5.75 Å². The minimum absolute atomic E-state index is 0.257. The second-order valence-corrected chi connectivity index (χ2v) is 4.00. The standard InChI is InChI=1S/C14H15NO3/c1-9-10(2)12(17-3)7-6-11(9)15-14(16)13-5-4-8-18-13/h4-8H,1-3H3,(H,15,16). The Morgan fingerprint density at radius 1 is 1.22 bits per heavy atom. The van der Waals surface area contributed by atoms with E-state index in [4.69, 9.17) is 9.15 Å². The minimum Gasteiger partial charge on any atom is -0.496 e. The molecule has 0 unspecified atom stereocenters. The highest BCUT2D eigenvalue weighted by Gasteiger charge is 2.12. The van der Waals surface area contributed by atoms with E-state index in [1.54, 1.807) is 19.2 Å². The van der Waals surface area contributed by atoms with Gasteiger partial charge in [-0.1, -0.05) is 0 Å².